The number of benzene rings is 2. The van der Waals surface area contributed by atoms with Crippen LogP contribution in [0.4, 0.5) is 11.6 Å². The number of aromatic nitrogens is 2. The molecule has 4 rings (SSSR count). The minimum absolute atomic E-state index is 0.108. The molecule has 2 aromatic carbocycles. The third-order valence-electron chi connectivity index (χ3n) is 5.64. The van der Waals surface area contributed by atoms with Gasteiger partial charge in [0, 0.05) is 25.1 Å². The first-order valence-corrected chi connectivity index (χ1v) is 9.73. The number of anilines is 2. The van der Waals surface area contributed by atoms with E-state index in [4.69, 9.17) is 4.98 Å². The molecule has 0 spiro atoms. The first-order valence-electron chi connectivity index (χ1n) is 9.73. The second kappa shape index (κ2) is 7.10. The lowest BCUT2D eigenvalue weighted by atomic mass is 9.97. The van der Waals surface area contributed by atoms with E-state index >= 15 is 0 Å². The van der Waals surface area contributed by atoms with Crippen molar-refractivity contribution < 1.29 is 0 Å². The molecular weight excluding hydrogens is 332 g/mol. The second-order valence-electron chi connectivity index (χ2n) is 7.75. The van der Waals surface area contributed by atoms with E-state index in [2.05, 4.69) is 103 Å². The zero-order chi connectivity index (χ0) is 19.0. The number of aryl methyl sites for hydroxylation is 1. The van der Waals surface area contributed by atoms with Gasteiger partial charge in [0.05, 0.1) is 12.1 Å². The molecular formula is C23H28N4. The monoisotopic (exact) mass is 360 g/mol. The lowest BCUT2D eigenvalue weighted by molar-refractivity contribution is 0.454. The van der Waals surface area contributed by atoms with Crippen LogP contribution in [0.5, 0.6) is 0 Å². The first kappa shape index (κ1) is 17.7. The molecule has 4 nitrogen and oxygen atoms in total. The van der Waals surface area contributed by atoms with Crippen molar-refractivity contribution in [2.45, 2.75) is 39.0 Å². The highest BCUT2D eigenvalue weighted by Crippen LogP contribution is 2.45. The van der Waals surface area contributed by atoms with Crippen molar-refractivity contribution in [3.05, 3.63) is 78.6 Å². The van der Waals surface area contributed by atoms with Crippen molar-refractivity contribution in [3.8, 4) is 0 Å². The molecule has 0 N–H and O–H groups in total. The lowest BCUT2D eigenvalue weighted by Crippen LogP contribution is -2.40. The number of hydrogen-bond donors (Lipinski definition) is 0. The van der Waals surface area contributed by atoms with Gasteiger partial charge in [0.2, 0.25) is 5.95 Å². The molecule has 0 radical (unpaired) electrons. The van der Waals surface area contributed by atoms with Gasteiger partial charge < -0.3 is 14.4 Å². The predicted octanol–water partition coefficient (Wildman–Crippen LogP) is 4.86. The quantitative estimate of drug-likeness (QED) is 0.664. The summed E-state index contributed by atoms with van der Waals surface area (Å²) in [7, 11) is 2.08. The summed E-state index contributed by atoms with van der Waals surface area (Å²) < 4.78 is 2.12. The summed E-state index contributed by atoms with van der Waals surface area (Å²) in [6.45, 7) is 6.97. The maximum atomic E-state index is 4.71. The molecule has 1 saturated heterocycles. The zero-order valence-corrected chi connectivity index (χ0v) is 16.5. The van der Waals surface area contributed by atoms with Gasteiger partial charge in [-0.25, -0.2) is 4.98 Å². The van der Waals surface area contributed by atoms with Gasteiger partial charge in [-0.3, -0.25) is 0 Å². The Labute approximate surface area is 162 Å². The Balaban J connectivity index is 1.92. The minimum Gasteiger partial charge on any atom is -0.342 e. The molecule has 0 saturated carbocycles. The molecule has 1 aliphatic rings. The van der Waals surface area contributed by atoms with Crippen LogP contribution in [-0.2, 0) is 7.05 Å². The highest BCUT2D eigenvalue weighted by molar-refractivity contribution is 5.58. The maximum absolute atomic E-state index is 4.71. The normalized spacial score (nSPS) is 22.6. The van der Waals surface area contributed by atoms with Gasteiger partial charge in [0.1, 0.15) is 6.17 Å². The number of imidazole rings is 1. The summed E-state index contributed by atoms with van der Waals surface area (Å²) in [5.41, 5.74) is 2.55. The van der Waals surface area contributed by atoms with E-state index in [-0.39, 0.29) is 6.17 Å². The molecule has 2 heterocycles. The SMILES string of the molecule is CC(C)C1[C@H](C)N(c2nccn2C)C(c2ccccc2)N1c1ccccc1. The van der Waals surface area contributed by atoms with Crippen molar-refractivity contribution in [1.82, 2.24) is 9.55 Å². The minimum atomic E-state index is 0.108. The molecule has 4 heteroatoms. The molecule has 3 aromatic rings. The van der Waals surface area contributed by atoms with Crippen molar-refractivity contribution >= 4 is 11.6 Å². The van der Waals surface area contributed by atoms with Gasteiger partial charge in [-0.1, -0.05) is 62.4 Å². The fourth-order valence-electron chi connectivity index (χ4n) is 4.55. The Morgan fingerprint density at radius 3 is 2.07 bits per heavy atom. The Bertz CT molecular complexity index is 872. The van der Waals surface area contributed by atoms with E-state index in [9.17, 15) is 0 Å². The molecule has 140 valence electrons. The molecule has 0 amide bonds. The van der Waals surface area contributed by atoms with Crippen LogP contribution in [0.25, 0.3) is 0 Å². The highest BCUT2D eigenvalue weighted by atomic mass is 15.5. The van der Waals surface area contributed by atoms with Crippen LogP contribution in [-0.4, -0.2) is 21.6 Å². The Morgan fingerprint density at radius 1 is 0.889 bits per heavy atom. The summed E-state index contributed by atoms with van der Waals surface area (Å²) in [4.78, 5) is 9.77. The maximum Gasteiger partial charge on any atom is 0.207 e. The van der Waals surface area contributed by atoms with Crippen molar-refractivity contribution in [2.24, 2.45) is 13.0 Å². The topological polar surface area (TPSA) is 24.3 Å². The molecule has 2 unspecified atom stereocenters. The van der Waals surface area contributed by atoms with Crippen molar-refractivity contribution in [1.29, 1.82) is 0 Å². The highest BCUT2D eigenvalue weighted by Gasteiger charge is 2.48. The van der Waals surface area contributed by atoms with Crippen LogP contribution in [0.3, 0.4) is 0 Å². The smallest absolute Gasteiger partial charge is 0.207 e. The summed E-state index contributed by atoms with van der Waals surface area (Å²) in [5.74, 6) is 1.53. The van der Waals surface area contributed by atoms with Gasteiger partial charge in [0.15, 0.2) is 0 Å². The Kier molecular flexibility index (Phi) is 4.65. The summed E-state index contributed by atoms with van der Waals surface area (Å²) in [6, 6.07) is 22.3. The second-order valence-corrected chi connectivity index (χ2v) is 7.75. The summed E-state index contributed by atoms with van der Waals surface area (Å²) in [5, 5.41) is 0. The van der Waals surface area contributed by atoms with Crippen LogP contribution >= 0.6 is 0 Å². The van der Waals surface area contributed by atoms with Crippen molar-refractivity contribution in [3.63, 3.8) is 0 Å². The fourth-order valence-corrected chi connectivity index (χ4v) is 4.55. The zero-order valence-electron chi connectivity index (χ0n) is 16.5. The standard InChI is InChI=1S/C23H28N4/c1-17(2)21-18(3)26(23-24-15-16-25(23)4)22(19-11-7-5-8-12-19)27(21)20-13-9-6-10-14-20/h5-18,21-22H,1-4H3/t18-,21?,22?/m0/s1. The Morgan fingerprint density at radius 2 is 1.52 bits per heavy atom. The van der Waals surface area contributed by atoms with Crippen LogP contribution in [0, 0.1) is 5.92 Å². The fraction of sp³-hybridized carbons (Fsp3) is 0.348. The summed E-state index contributed by atoms with van der Waals surface area (Å²) >= 11 is 0. The van der Waals surface area contributed by atoms with Gasteiger partial charge in [-0.2, -0.15) is 0 Å². The van der Waals surface area contributed by atoms with Crippen LogP contribution in [0.1, 0.15) is 32.5 Å². The number of rotatable bonds is 4. The van der Waals surface area contributed by atoms with E-state index < -0.39 is 0 Å². The third kappa shape index (κ3) is 2.99. The predicted molar refractivity (Wildman–Crippen MR) is 112 cm³/mol. The molecule has 0 bridgehead atoms. The lowest BCUT2D eigenvalue weighted by Gasteiger charge is -2.35. The largest absolute Gasteiger partial charge is 0.342 e. The molecule has 1 fully saturated rings. The number of nitrogens with zero attached hydrogens (tertiary/aromatic N) is 4. The molecule has 3 atom stereocenters. The number of para-hydroxylation sites is 1. The van der Waals surface area contributed by atoms with Gasteiger partial charge in [0.25, 0.3) is 0 Å². The van der Waals surface area contributed by atoms with Gasteiger partial charge in [-0.15, -0.1) is 0 Å². The van der Waals surface area contributed by atoms with Crippen LogP contribution in [0.2, 0.25) is 0 Å². The van der Waals surface area contributed by atoms with Gasteiger partial charge >= 0.3 is 0 Å². The third-order valence-corrected chi connectivity index (χ3v) is 5.64. The van der Waals surface area contributed by atoms with E-state index in [1.807, 2.05) is 12.4 Å². The van der Waals surface area contributed by atoms with Crippen LogP contribution in [0.15, 0.2) is 73.1 Å². The van der Waals surface area contributed by atoms with Gasteiger partial charge in [-0.05, 0) is 30.5 Å². The van der Waals surface area contributed by atoms with E-state index in [1.165, 1.54) is 11.3 Å². The van der Waals surface area contributed by atoms with E-state index in [0.717, 1.165) is 5.95 Å². The Hall–Kier alpha value is -2.75. The number of hydrogen-bond acceptors (Lipinski definition) is 3. The first-order chi connectivity index (χ1) is 13.1. The molecule has 27 heavy (non-hydrogen) atoms. The van der Waals surface area contributed by atoms with Crippen molar-refractivity contribution in [2.75, 3.05) is 9.80 Å². The molecule has 1 aliphatic heterocycles. The van der Waals surface area contributed by atoms with E-state index in [0.29, 0.717) is 18.0 Å². The average Bonchev–Trinajstić information content (AvgIpc) is 3.23. The molecule has 0 aliphatic carbocycles. The molecule has 1 aromatic heterocycles. The van der Waals surface area contributed by atoms with Crippen LogP contribution < -0.4 is 9.80 Å². The van der Waals surface area contributed by atoms with E-state index in [1.54, 1.807) is 0 Å². The average molecular weight is 361 g/mol. The summed E-state index contributed by atoms with van der Waals surface area (Å²) in [6.07, 6.45) is 4.02.